The van der Waals surface area contributed by atoms with E-state index >= 15 is 0 Å². The Hall–Kier alpha value is -2.74. The standard InChI is InChI=1S/C15H13FN2O2/c1-19-13-4-5-15(14(18)7-13)20-9-11-6-12(16)3-2-10(11)8-17/h2-7H,9,18H2,1H3. The molecule has 102 valence electrons. The molecule has 0 saturated heterocycles. The highest BCUT2D eigenvalue weighted by atomic mass is 19.1. The summed E-state index contributed by atoms with van der Waals surface area (Å²) in [6, 6.07) is 10.9. The normalized spacial score (nSPS) is 9.85. The lowest BCUT2D eigenvalue weighted by Gasteiger charge is -2.11. The van der Waals surface area contributed by atoms with Gasteiger partial charge in [0.05, 0.1) is 24.4 Å². The van der Waals surface area contributed by atoms with E-state index in [0.29, 0.717) is 28.3 Å². The summed E-state index contributed by atoms with van der Waals surface area (Å²) in [5, 5.41) is 8.96. The van der Waals surface area contributed by atoms with Gasteiger partial charge in [-0.25, -0.2) is 4.39 Å². The summed E-state index contributed by atoms with van der Waals surface area (Å²) < 4.78 is 23.7. The maximum Gasteiger partial charge on any atom is 0.142 e. The molecule has 0 fully saturated rings. The second-order valence-electron chi connectivity index (χ2n) is 4.11. The monoisotopic (exact) mass is 272 g/mol. The third-order valence-corrected chi connectivity index (χ3v) is 2.79. The van der Waals surface area contributed by atoms with Gasteiger partial charge >= 0.3 is 0 Å². The predicted molar refractivity (Wildman–Crippen MR) is 72.9 cm³/mol. The molecule has 2 N–H and O–H groups in total. The van der Waals surface area contributed by atoms with Crippen LogP contribution in [0, 0.1) is 17.1 Å². The first-order chi connectivity index (χ1) is 9.63. The van der Waals surface area contributed by atoms with Crippen molar-refractivity contribution in [2.45, 2.75) is 6.61 Å². The van der Waals surface area contributed by atoms with Gasteiger partial charge in [0.2, 0.25) is 0 Å². The van der Waals surface area contributed by atoms with E-state index in [0.717, 1.165) is 0 Å². The van der Waals surface area contributed by atoms with Crippen LogP contribution in [0.2, 0.25) is 0 Å². The quantitative estimate of drug-likeness (QED) is 0.869. The van der Waals surface area contributed by atoms with Crippen molar-refractivity contribution in [1.82, 2.24) is 0 Å². The molecule has 5 heteroatoms. The minimum absolute atomic E-state index is 0.0666. The van der Waals surface area contributed by atoms with Crippen LogP contribution in [0.15, 0.2) is 36.4 Å². The molecule has 0 atom stereocenters. The average Bonchev–Trinajstić information content (AvgIpc) is 2.46. The molecule has 0 saturated carbocycles. The first-order valence-electron chi connectivity index (χ1n) is 5.89. The molecular weight excluding hydrogens is 259 g/mol. The van der Waals surface area contributed by atoms with Gasteiger partial charge in [-0.15, -0.1) is 0 Å². The molecule has 0 amide bonds. The number of halogens is 1. The van der Waals surface area contributed by atoms with Gasteiger partial charge < -0.3 is 15.2 Å². The van der Waals surface area contributed by atoms with Gasteiger partial charge in [-0.05, 0) is 30.3 Å². The number of nitrogens with two attached hydrogens (primary N) is 1. The van der Waals surface area contributed by atoms with Crippen LogP contribution in [0.5, 0.6) is 11.5 Å². The average molecular weight is 272 g/mol. The highest BCUT2D eigenvalue weighted by Crippen LogP contribution is 2.27. The fraction of sp³-hybridized carbons (Fsp3) is 0.133. The summed E-state index contributed by atoms with van der Waals surface area (Å²) in [6.45, 7) is 0.0666. The molecule has 0 unspecified atom stereocenters. The van der Waals surface area contributed by atoms with E-state index in [1.807, 2.05) is 6.07 Å². The molecule has 0 spiro atoms. The number of benzene rings is 2. The molecule has 4 nitrogen and oxygen atoms in total. The molecule has 2 aromatic rings. The summed E-state index contributed by atoms with van der Waals surface area (Å²) >= 11 is 0. The minimum atomic E-state index is -0.412. The molecule has 2 aromatic carbocycles. The molecular formula is C15H13FN2O2. The van der Waals surface area contributed by atoms with Crippen LogP contribution in [0.4, 0.5) is 10.1 Å². The molecule has 0 heterocycles. The number of hydrogen-bond acceptors (Lipinski definition) is 4. The molecule has 0 aromatic heterocycles. The number of nitrogens with zero attached hydrogens (tertiary/aromatic N) is 1. The third kappa shape index (κ3) is 2.98. The number of nitrogen functional groups attached to an aromatic ring is 1. The van der Waals surface area contributed by atoms with Gasteiger partial charge in [0, 0.05) is 11.6 Å². The van der Waals surface area contributed by atoms with Crippen molar-refractivity contribution < 1.29 is 13.9 Å². The summed E-state index contributed by atoms with van der Waals surface area (Å²) in [6.07, 6.45) is 0. The molecule has 0 aliphatic rings. The van der Waals surface area contributed by atoms with Gasteiger partial charge in [-0.1, -0.05) is 0 Å². The Morgan fingerprint density at radius 2 is 2.05 bits per heavy atom. The minimum Gasteiger partial charge on any atom is -0.497 e. The van der Waals surface area contributed by atoms with Crippen molar-refractivity contribution in [3.8, 4) is 17.6 Å². The van der Waals surface area contributed by atoms with Crippen molar-refractivity contribution in [2.24, 2.45) is 0 Å². The lowest BCUT2D eigenvalue weighted by atomic mass is 10.1. The Morgan fingerprint density at radius 1 is 1.25 bits per heavy atom. The van der Waals surface area contributed by atoms with E-state index in [-0.39, 0.29) is 6.61 Å². The van der Waals surface area contributed by atoms with Gasteiger partial charge in [0.15, 0.2) is 0 Å². The van der Waals surface area contributed by atoms with Crippen LogP contribution in [0.25, 0.3) is 0 Å². The van der Waals surface area contributed by atoms with Crippen LogP contribution in [-0.2, 0) is 6.61 Å². The summed E-state index contributed by atoms with van der Waals surface area (Å²) in [5.74, 6) is 0.669. The second kappa shape index (κ2) is 5.93. The Labute approximate surface area is 116 Å². The van der Waals surface area contributed by atoms with Crippen LogP contribution in [0.3, 0.4) is 0 Å². The highest BCUT2D eigenvalue weighted by Gasteiger charge is 2.07. The number of anilines is 1. The zero-order valence-electron chi connectivity index (χ0n) is 10.9. The molecule has 0 radical (unpaired) electrons. The van der Waals surface area contributed by atoms with E-state index in [1.54, 1.807) is 25.3 Å². The molecule has 0 aliphatic heterocycles. The lowest BCUT2D eigenvalue weighted by molar-refractivity contribution is 0.306. The Morgan fingerprint density at radius 3 is 2.70 bits per heavy atom. The fourth-order valence-electron chi connectivity index (χ4n) is 1.73. The van der Waals surface area contributed by atoms with Crippen LogP contribution < -0.4 is 15.2 Å². The van der Waals surface area contributed by atoms with Crippen molar-refractivity contribution in [2.75, 3.05) is 12.8 Å². The van der Waals surface area contributed by atoms with Gasteiger partial charge in [0.1, 0.15) is 23.9 Å². The molecule has 0 bridgehead atoms. The maximum atomic E-state index is 13.2. The van der Waals surface area contributed by atoms with Gasteiger partial charge in [0.25, 0.3) is 0 Å². The Bertz CT molecular complexity index is 665. The second-order valence-corrected chi connectivity index (χ2v) is 4.11. The fourth-order valence-corrected chi connectivity index (χ4v) is 1.73. The van der Waals surface area contributed by atoms with Crippen molar-refractivity contribution in [3.05, 3.63) is 53.3 Å². The van der Waals surface area contributed by atoms with Crippen molar-refractivity contribution >= 4 is 5.69 Å². The number of hydrogen-bond donors (Lipinski definition) is 1. The number of rotatable bonds is 4. The number of methoxy groups -OCH3 is 1. The highest BCUT2D eigenvalue weighted by molar-refractivity contribution is 5.56. The molecule has 2 rings (SSSR count). The topological polar surface area (TPSA) is 68.3 Å². The lowest BCUT2D eigenvalue weighted by Crippen LogP contribution is -2.01. The first-order valence-corrected chi connectivity index (χ1v) is 5.89. The summed E-state index contributed by atoms with van der Waals surface area (Å²) in [4.78, 5) is 0. The van der Waals surface area contributed by atoms with Crippen LogP contribution in [-0.4, -0.2) is 7.11 Å². The Balaban J connectivity index is 2.17. The third-order valence-electron chi connectivity index (χ3n) is 2.79. The van der Waals surface area contributed by atoms with Gasteiger partial charge in [-0.3, -0.25) is 0 Å². The van der Waals surface area contributed by atoms with E-state index in [2.05, 4.69) is 0 Å². The first kappa shape index (κ1) is 13.7. The van der Waals surface area contributed by atoms with E-state index in [9.17, 15) is 4.39 Å². The van der Waals surface area contributed by atoms with Gasteiger partial charge in [-0.2, -0.15) is 5.26 Å². The van der Waals surface area contributed by atoms with Crippen LogP contribution >= 0.6 is 0 Å². The Kier molecular flexibility index (Phi) is 4.06. The van der Waals surface area contributed by atoms with Crippen LogP contribution in [0.1, 0.15) is 11.1 Å². The zero-order chi connectivity index (χ0) is 14.5. The van der Waals surface area contributed by atoms with Crippen molar-refractivity contribution in [1.29, 1.82) is 5.26 Å². The SMILES string of the molecule is COc1ccc(OCc2cc(F)ccc2C#N)c(N)c1. The largest absolute Gasteiger partial charge is 0.497 e. The predicted octanol–water partition coefficient (Wildman–Crippen LogP) is 2.87. The zero-order valence-corrected chi connectivity index (χ0v) is 10.9. The molecule has 20 heavy (non-hydrogen) atoms. The maximum absolute atomic E-state index is 13.2. The summed E-state index contributed by atoms with van der Waals surface area (Å²) in [7, 11) is 1.54. The van der Waals surface area contributed by atoms with E-state index in [4.69, 9.17) is 20.5 Å². The molecule has 0 aliphatic carbocycles. The smallest absolute Gasteiger partial charge is 0.142 e. The van der Waals surface area contributed by atoms with E-state index < -0.39 is 5.82 Å². The number of nitriles is 1. The summed E-state index contributed by atoms with van der Waals surface area (Å²) in [5.41, 5.74) is 7.08. The number of ether oxygens (including phenoxy) is 2. The van der Waals surface area contributed by atoms with E-state index in [1.165, 1.54) is 18.2 Å². The van der Waals surface area contributed by atoms with Crippen molar-refractivity contribution in [3.63, 3.8) is 0 Å².